The summed E-state index contributed by atoms with van der Waals surface area (Å²) in [7, 11) is 0. The van der Waals surface area contributed by atoms with Crippen LogP contribution in [0.2, 0.25) is 0 Å². The number of nitrogens with one attached hydrogen (secondary N) is 1. The molecule has 1 amide bonds. The number of carbonyl (C=O) groups excluding carboxylic acids is 1. The van der Waals surface area contributed by atoms with Gasteiger partial charge in [-0.15, -0.1) is 24.8 Å². The molecule has 1 fully saturated rings. The number of ether oxygens (including phenoxy) is 2. The summed E-state index contributed by atoms with van der Waals surface area (Å²) in [6.45, 7) is 8.57. The molecular weight excluding hydrogens is 489 g/mol. The zero-order chi connectivity index (χ0) is 23.0. The van der Waals surface area contributed by atoms with Crippen molar-refractivity contribution in [2.45, 2.75) is 44.6 Å². The number of aliphatic hydroxyl groups excluding tert-OH is 1. The highest BCUT2D eigenvalue weighted by Crippen LogP contribution is 2.33. The monoisotopic (exact) mass is 523 g/mol. The first-order chi connectivity index (χ1) is 15.9. The summed E-state index contributed by atoms with van der Waals surface area (Å²) < 4.78 is 12.2. The number of aliphatic hydroxyl groups is 1. The summed E-state index contributed by atoms with van der Waals surface area (Å²) >= 11 is 0. The van der Waals surface area contributed by atoms with Gasteiger partial charge in [0, 0.05) is 45.3 Å². The van der Waals surface area contributed by atoms with E-state index in [9.17, 15) is 9.90 Å². The van der Waals surface area contributed by atoms with E-state index in [1.54, 1.807) is 11.0 Å². The predicted molar refractivity (Wildman–Crippen MR) is 140 cm³/mol. The van der Waals surface area contributed by atoms with Gasteiger partial charge in [0.25, 0.3) is 5.91 Å². The van der Waals surface area contributed by atoms with Gasteiger partial charge in [-0.25, -0.2) is 0 Å². The van der Waals surface area contributed by atoms with Crippen LogP contribution in [0.3, 0.4) is 0 Å². The van der Waals surface area contributed by atoms with Crippen molar-refractivity contribution < 1.29 is 19.4 Å². The number of nitrogens with zero attached hydrogens (tertiary/aromatic N) is 2. The Morgan fingerprint density at radius 1 is 1.14 bits per heavy atom. The molecule has 2 N–H and O–H groups in total. The molecule has 0 saturated carbocycles. The zero-order valence-corrected chi connectivity index (χ0v) is 21.9. The third-order valence-electron chi connectivity index (χ3n) is 6.59. The summed E-state index contributed by atoms with van der Waals surface area (Å²) in [5.74, 6) is 1.14. The summed E-state index contributed by atoms with van der Waals surface area (Å²) in [5, 5.41) is 14.1. The average molecular weight is 524 g/mol. The van der Waals surface area contributed by atoms with Crippen LogP contribution < -0.4 is 14.8 Å². The van der Waals surface area contributed by atoms with Gasteiger partial charge >= 0.3 is 0 Å². The van der Waals surface area contributed by atoms with Crippen molar-refractivity contribution in [1.29, 1.82) is 0 Å². The quantitative estimate of drug-likeness (QED) is 0.606. The molecule has 3 aliphatic heterocycles. The molecular formula is C26H35Cl2N3O4. The summed E-state index contributed by atoms with van der Waals surface area (Å²) in [4.78, 5) is 17.4. The molecule has 1 saturated heterocycles. The molecule has 3 aliphatic rings. The molecule has 1 atom stereocenters. The van der Waals surface area contributed by atoms with Crippen LogP contribution in [0.5, 0.6) is 11.5 Å². The van der Waals surface area contributed by atoms with Gasteiger partial charge in [-0.05, 0) is 43.5 Å². The smallest absolute Gasteiger partial charge is 0.257 e. The third kappa shape index (κ3) is 6.40. The van der Waals surface area contributed by atoms with Crippen LogP contribution in [0.4, 0.5) is 0 Å². The highest BCUT2D eigenvalue weighted by Gasteiger charge is 2.35. The molecule has 3 heterocycles. The maximum atomic E-state index is 13.4. The largest absolute Gasteiger partial charge is 0.488 e. The van der Waals surface area contributed by atoms with Crippen LogP contribution in [-0.4, -0.2) is 77.9 Å². The number of rotatable bonds is 6. The Bertz CT molecular complexity index is 1030. The van der Waals surface area contributed by atoms with E-state index in [-0.39, 0.29) is 43.4 Å². The van der Waals surface area contributed by atoms with Gasteiger partial charge in [0.15, 0.2) is 0 Å². The number of amides is 1. The molecule has 0 aromatic heterocycles. The number of carbonyl (C=O) groups is 1. The van der Waals surface area contributed by atoms with Gasteiger partial charge in [-0.2, -0.15) is 0 Å². The van der Waals surface area contributed by atoms with Crippen molar-refractivity contribution in [2.24, 2.45) is 0 Å². The predicted octanol–water partition coefficient (Wildman–Crippen LogP) is 2.91. The fraction of sp³-hybridized carbons (Fsp3) is 0.500. The molecule has 0 bridgehead atoms. The molecule has 2 aromatic carbocycles. The second-order valence-electron chi connectivity index (χ2n) is 10.0. The Labute approximate surface area is 219 Å². The first-order valence-electron chi connectivity index (χ1n) is 11.8. The Morgan fingerprint density at radius 3 is 2.60 bits per heavy atom. The van der Waals surface area contributed by atoms with Gasteiger partial charge in [0.1, 0.15) is 23.2 Å². The highest BCUT2D eigenvalue weighted by molar-refractivity contribution is 5.97. The second-order valence-corrected chi connectivity index (χ2v) is 10.0. The van der Waals surface area contributed by atoms with Crippen LogP contribution in [0.15, 0.2) is 42.5 Å². The average Bonchev–Trinajstić information content (AvgIpc) is 2.83. The zero-order valence-electron chi connectivity index (χ0n) is 20.2. The van der Waals surface area contributed by atoms with Gasteiger partial charge < -0.3 is 24.8 Å². The van der Waals surface area contributed by atoms with Gasteiger partial charge in [0.2, 0.25) is 0 Å². The lowest BCUT2D eigenvalue weighted by Gasteiger charge is -2.33. The number of halogens is 2. The van der Waals surface area contributed by atoms with Gasteiger partial charge in [-0.1, -0.05) is 24.3 Å². The van der Waals surface area contributed by atoms with Gasteiger partial charge in [0.05, 0.1) is 18.2 Å². The minimum atomic E-state index is -0.634. The van der Waals surface area contributed by atoms with E-state index < -0.39 is 11.7 Å². The normalized spacial score (nSPS) is 20.1. The second kappa shape index (κ2) is 11.4. The van der Waals surface area contributed by atoms with Crippen molar-refractivity contribution in [1.82, 2.24) is 15.1 Å². The molecule has 0 aliphatic carbocycles. The Balaban J connectivity index is 0.00000171. The minimum Gasteiger partial charge on any atom is -0.488 e. The van der Waals surface area contributed by atoms with E-state index in [1.165, 1.54) is 11.1 Å². The van der Waals surface area contributed by atoms with E-state index in [4.69, 9.17) is 9.47 Å². The molecule has 35 heavy (non-hydrogen) atoms. The maximum Gasteiger partial charge on any atom is 0.257 e. The molecule has 5 rings (SSSR count). The Kier molecular flexibility index (Phi) is 8.94. The summed E-state index contributed by atoms with van der Waals surface area (Å²) in [6, 6.07) is 13.9. The molecule has 0 spiro atoms. The van der Waals surface area contributed by atoms with Gasteiger partial charge in [-0.3, -0.25) is 9.69 Å². The SMILES string of the molecule is CC1(C)CN(CC(O)CN2CCc3ccccc3C2)C(=O)c2ccc(OC3CNC3)cc2O1.Cl.Cl. The van der Waals surface area contributed by atoms with Crippen LogP contribution in [0.1, 0.15) is 35.3 Å². The Hall–Kier alpha value is -2.03. The van der Waals surface area contributed by atoms with Crippen LogP contribution in [0.25, 0.3) is 0 Å². The molecule has 0 radical (unpaired) electrons. The van der Waals surface area contributed by atoms with Crippen LogP contribution in [0, 0.1) is 0 Å². The third-order valence-corrected chi connectivity index (χ3v) is 6.59. The number of β-amino-alcohol motifs (C(OH)–C–C–N with tert-alkyl or cyclic N) is 1. The van der Waals surface area contributed by atoms with Crippen molar-refractivity contribution >= 4 is 30.7 Å². The minimum absolute atomic E-state index is 0. The van der Waals surface area contributed by atoms with E-state index in [1.807, 2.05) is 26.0 Å². The number of fused-ring (bicyclic) bond motifs is 2. The lowest BCUT2D eigenvalue weighted by atomic mass is 9.99. The van der Waals surface area contributed by atoms with E-state index in [2.05, 4.69) is 34.5 Å². The number of hydrogen-bond acceptors (Lipinski definition) is 6. The van der Waals surface area contributed by atoms with Crippen LogP contribution in [-0.2, 0) is 13.0 Å². The van der Waals surface area contributed by atoms with Crippen LogP contribution >= 0.6 is 24.8 Å². The molecule has 192 valence electrons. The number of hydrogen-bond donors (Lipinski definition) is 2. The fourth-order valence-corrected chi connectivity index (χ4v) is 4.87. The van der Waals surface area contributed by atoms with Crippen molar-refractivity contribution in [3.05, 3.63) is 59.2 Å². The molecule has 7 nitrogen and oxygen atoms in total. The van der Waals surface area contributed by atoms with Crippen molar-refractivity contribution in [2.75, 3.05) is 39.3 Å². The molecule has 1 unspecified atom stereocenters. The number of benzene rings is 2. The molecule has 9 heteroatoms. The highest BCUT2D eigenvalue weighted by atomic mass is 35.5. The van der Waals surface area contributed by atoms with E-state index in [0.717, 1.165) is 32.6 Å². The summed E-state index contributed by atoms with van der Waals surface area (Å²) in [6.07, 6.45) is 0.511. The van der Waals surface area contributed by atoms with Crippen molar-refractivity contribution in [3.63, 3.8) is 0 Å². The van der Waals surface area contributed by atoms with E-state index >= 15 is 0 Å². The topological polar surface area (TPSA) is 74.3 Å². The fourth-order valence-electron chi connectivity index (χ4n) is 4.87. The first-order valence-corrected chi connectivity index (χ1v) is 11.8. The first kappa shape index (κ1) is 27.6. The maximum absolute atomic E-state index is 13.4. The standard InChI is InChI=1S/C26H33N3O4.2ClH/c1-26(2)17-29(16-20(30)15-28-10-9-18-5-3-4-6-19(18)14-28)25(31)23-8-7-21(11-24(23)33-26)32-22-12-27-13-22;;/h3-8,11,20,22,27,30H,9-10,12-17H2,1-2H3;2*1H. The Morgan fingerprint density at radius 2 is 1.89 bits per heavy atom. The van der Waals surface area contributed by atoms with E-state index in [0.29, 0.717) is 30.2 Å². The molecule has 2 aromatic rings. The van der Waals surface area contributed by atoms with Crippen molar-refractivity contribution in [3.8, 4) is 11.5 Å². The lowest BCUT2D eigenvalue weighted by molar-refractivity contribution is 0.0287. The lowest BCUT2D eigenvalue weighted by Crippen LogP contribution is -2.50. The summed E-state index contributed by atoms with van der Waals surface area (Å²) in [5.41, 5.74) is 2.64.